The number of carbonyl (C=O) groups excluding carboxylic acids is 1. The molecule has 2 N–H and O–H groups in total. The van der Waals surface area contributed by atoms with Crippen molar-refractivity contribution in [2.45, 2.75) is 25.3 Å². The molecule has 1 aromatic carbocycles. The summed E-state index contributed by atoms with van der Waals surface area (Å²) < 4.78 is 13.1. The summed E-state index contributed by atoms with van der Waals surface area (Å²) in [7, 11) is 0. The SMILES string of the molecule is NC1CCN(C(=O)Cc2cc(F)cc(Cl)c2)CC1. The molecule has 0 radical (unpaired) electrons. The summed E-state index contributed by atoms with van der Waals surface area (Å²) in [5.74, 6) is -0.408. The van der Waals surface area contributed by atoms with E-state index >= 15 is 0 Å². The smallest absolute Gasteiger partial charge is 0.226 e. The Balaban J connectivity index is 1.98. The minimum absolute atomic E-state index is 0.00330. The van der Waals surface area contributed by atoms with Crippen LogP contribution >= 0.6 is 11.6 Å². The van der Waals surface area contributed by atoms with Gasteiger partial charge in [0, 0.05) is 24.2 Å². The predicted octanol–water partition coefficient (Wildman–Crippen LogP) is 1.97. The largest absolute Gasteiger partial charge is 0.342 e. The maximum atomic E-state index is 13.1. The molecule has 1 aliphatic rings. The van der Waals surface area contributed by atoms with Crippen molar-refractivity contribution in [1.82, 2.24) is 4.90 Å². The molecule has 0 aliphatic carbocycles. The summed E-state index contributed by atoms with van der Waals surface area (Å²) in [6.07, 6.45) is 1.85. The molecule has 1 aromatic rings. The van der Waals surface area contributed by atoms with Crippen LogP contribution in [0.25, 0.3) is 0 Å². The van der Waals surface area contributed by atoms with Crippen molar-refractivity contribution in [2.24, 2.45) is 5.73 Å². The van der Waals surface area contributed by atoms with Crippen molar-refractivity contribution in [2.75, 3.05) is 13.1 Å². The molecule has 0 saturated carbocycles. The highest BCUT2D eigenvalue weighted by molar-refractivity contribution is 6.30. The summed E-state index contributed by atoms with van der Waals surface area (Å²) in [6.45, 7) is 1.37. The fourth-order valence-corrected chi connectivity index (χ4v) is 2.39. The standard InChI is InChI=1S/C13H16ClFN2O/c14-10-5-9(6-11(15)8-10)7-13(18)17-3-1-12(16)2-4-17/h5-6,8,12H,1-4,7,16H2. The lowest BCUT2D eigenvalue weighted by molar-refractivity contribution is -0.131. The second-order valence-corrected chi connectivity index (χ2v) is 5.11. The molecule has 3 nitrogen and oxygen atoms in total. The minimum atomic E-state index is -0.411. The number of likely N-dealkylation sites (tertiary alicyclic amines) is 1. The van der Waals surface area contributed by atoms with Gasteiger partial charge in [0.25, 0.3) is 0 Å². The molecule has 1 heterocycles. The Hall–Kier alpha value is -1.13. The zero-order valence-electron chi connectivity index (χ0n) is 10.0. The highest BCUT2D eigenvalue weighted by Gasteiger charge is 2.20. The van der Waals surface area contributed by atoms with Crippen molar-refractivity contribution in [3.05, 3.63) is 34.6 Å². The topological polar surface area (TPSA) is 46.3 Å². The Morgan fingerprint density at radius 3 is 2.67 bits per heavy atom. The van der Waals surface area contributed by atoms with E-state index in [1.807, 2.05) is 0 Å². The van der Waals surface area contributed by atoms with Crippen LogP contribution in [-0.2, 0) is 11.2 Å². The van der Waals surface area contributed by atoms with E-state index < -0.39 is 5.82 Å². The first-order chi connectivity index (χ1) is 8.54. The maximum Gasteiger partial charge on any atom is 0.226 e. The highest BCUT2D eigenvalue weighted by atomic mass is 35.5. The lowest BCUT2D eigenvalue weighted by Gasteiger charge is -2.30. The summed E-state index contributed by atoms with van der Waals surface area (Å²) in [5.41, 5.74) is 6.40. The van der Waals surface area contributed by atoms with Crippen LogP contribution < -0.4 is 5.73 Å². The van der Waals surface area contributed by atoms with Gasteiger partial charge in [-0.15, -0.1) is 0 Å². The van der Waals surface area contributed by atoms with Gasteiger partial charge in [0.2, 0.25) is 5.91 Å². The van der Waals surface area contributed by atoms with Crippen molar-refractivity contribution < 1.29 is 9.18 Å². The molecular formula is C13H16ClFN2O. The van der Waals surface area contributed by atoms with Crippen LogP contribution in [0.5, 0.6) is 0 Å². The van der Waals surface area contributed by atoms with E-state index in [1.165, 1.54) is 12.1 Å². The van der Waals surface area contributed by atoms with Crippen LogP contribution in [0, 0.1) is 5.82 Å². The van der Waals surface area contributed by atoms with Gasteiger partial charge >= 0.3 is 0 Å². The van der Waals surface area contributed by atoms with Gasteiger partial charge in [0.15, 0.2) is 0 Å². The first-order valence-corrected chi connectivity index (χ1v) is 6.41. The Morgan fingerprint density at radius 2 is 2.06 bits per heavy atom. The zero-order valence-corrected chi connectivity index (χ0v) is 10.8. The zero-order chi connectivity index (χ0) is 13.1. The average molecular weight is 271 g/mol. The van der Waals surface area contributed by atoms with E-state index in [4.69, 9.17) is 17.3 Å². The second kappa shape index (κ2) is 5.67. The van der Waals surface area contributed by atoms with Gasteiger partial charge < -0.3 is 10.6 Å². The van der Waals surface area contributed by atoms with E-state index in [0.717, 1.165) is 12.8 Å². The van der Waals surface area contributed by atoms with Crippen LogP contribution in [0.1, 0.15) is 18.4 Å². The molecule has 0 atom stereocenters. The Labute approximate surface area is 111 Å². The molecule has 1 amide bonds. The Kier molecular flexibility index (Phi) is 4.19. The van der Waals surface area contributed by atoms with Gasteiger partial charge in [0.05, 0.1) is 6.42 Å². The quantitative estimate of drug-likeness (QED) is 0.893. The molecule has 1 saturated heterocycles. The van der Waals surface area contributed by atoms with Gasteiger partial charge in [-0.25, -0.2) is 4.39 Å². The minimum Gasteiger partial charge on any atom is -0.342 e. The summed E-state index contributed by atoms with van der Waals surface area (Å²) in [6, 6.07) is 4.39. The molecular weight excluding hydrogens is 255 g/mol. The van der Waals surface area contributed by atoms with Gasteiger partial charge in [-0.05, 0) is 36.6 Å². The molecule has 1 aliphatic heterocycles. The number of piperidine rings is 1. The molecule has 1 fully saturated rings. The first kappa shape index (κ1) is 13.3. The third-order valence-electron chi connectivity index (χ3n) is 3.17. The van der Waals surface area contributed by atoms with Crippen molar-refractivity contribution >= 4 is 17.5 Å². The average Bonchev–Trinajstić information content (AvgIpc) is 2.28. The second-order valence-electron chi connectivity index (χ2n) is 4.67. The molecule has 0 unspecified atom stereocenters. The van der Waals surface area contributed by atoms with Gasteiger partial charge in [-0.3, -0.25) is 4.79 Å². The Bertz CT molecular complexity index is 424. The number of halogens is 2. The number of carbonyl (C=O) groups is 1. The summed E-state index contributed by atoms with van der Waals surface area (Å²) >= 11 is 5.76. The van der Waals surface area contributed by atoms with E-state index in [0.29, 0.717) is 23.7 Å². The Morgan fingerprint density at radius 1 is 1.39 bits per heavy atom. The summed E-state index contributed by atoms with van der Waals surface area (Å²) in [4.78, 5) is 13.8. The molecule has 18 heavy (non-hydrogen) atoms. The van der Waals surface area contributed by atoms with Crippen molar-refractivity contribution in [1.29, 1.82) is 0 Å². The number of rotatable bonds is 2. The normalized spacial score (nSPS) is 16.9. The third-order valence-corrected chi connectivity index (χ3v) is 3.39. The van der Waals surface area contributed by atoms with Crippen LogP contribution in [0.4, 0.5) is 4.39 Å². The maximum absolute atomic E-state index is 13.1. The fourth-order valence-electron chi connectivity index (χ4n) is 2.15. The summed E-state index contributed by atoms with van der Waals surface area (Å²) in [5, 5.41) is 0.318. The van der Waals surface area contributed by atoms with Gasteiger partial charge in [-0.2, -0.15) is 0 Å². The van der Waals surface area contributed by atoms with Gasteiger partial charge in [-0.1, -0.05) is 11.6 Å². The van der Waals surface area contributed by atoms with Crippen LogP contribution in [0.2, 0.25) is 5.02 Å². The number of nitrogens with two attached hydrogens (primary N) is 1. The van der Waals surface area contributed by atoms with Crippen LogP contribution in [0.15, 0.2) is 18.2 Å². The number of hydrogen-bond donors (Lipinski definition) is 1. The van der Waals surface area contributed by atoms with Crippen molar-refractivity contribution in [3.63, 3.8) is 0 Å². The van der Waals surface area contributed by atoms with E-state index in [9.17, 15) is 9.18 Å². The number of benzene rings is 1. The number of hydrogen-bond acceptors (Lipinski definition) is 2. The van der Waals surface area contributed by atoms with E-state index in [-0.39, 0.29) is 18.4 Å². The molecule has 2 rings (SSSR count). The first-order valence-electron chi connectivity index (χ1n) is 6.03. The van der Waals surface area contributed by atoms with Crippen LogP contribution in [-0.4, -0.2) is 29.9 Å². The fraction of sp³-hybridized carbons (Fsp3) is 0.462. The highest BCUT2D eigenvalue weighted by Crippen LogP contribution is 2.16. The molecule has 98 valence electrons. The molecule has 0 spiro atoms. The number of nitrogens with zero attached hydrogens (tertiary/aromatic N) is 1. The molecule has 0 aromatic heterocycles. The lowest BCUT2D eigenvalue weighted by Crippen LogP contribution is -2.43. The van der Waals surface area contributed by atoms with Gasteiger partial charge in [0.1, 0.15) is 5.82 Å². The predicted molar refractivity (Wildman–Crippen MR) is 68.9 cm³/mol. The third kappa shape index (κ3) is 3.43. The van der Waals surface area contributed by atoms with E-state index in [2.05, 4.69) is 0 Å². The monoisotopic (exact) mass is 270 g/mol. The molecule has 5 heteroatoms. The number of amides is 1. The van der Waals surface area contributed by atoms with E-state index in [1.54, 1.807) is 11.0 Å². The van der Waals surface area contributed by atoms with Crippen molar-refractivity contribution in [3.8, 4) is 0 Å². The molecule has 0 bridgehead atoms. The van der Waals surface area contributed by atoms with Crippen LogP contribution in [0.3, 0.4) is 0 Å². The lowest BCUT2D eigenvalue weighted by atomic mass is 10.0.